The minimum Gasteiger partial charge on any atom is -0.391 e. The number of hydrogen-bond donors (Lipinski definition) is 3. The second-order valence-corrected chi connectivity index (χ2v) is 5.56. The Labute approximate surface area is 129 Å². The minimum absolute atomic E-state index is 0.154. The second-order valence-electron chi connectivity index (χ2n) is 5.15. The summed E-state index contributed by atoms with van der Waals surface area (Å²) in [5.74, 6) is -0.154. The highest BCUT2D eigenvalue weighted by Gasteiger charge is 2.13. The van der Waals surface area contributed by atoms with Crippen molar-refractivity contribution in [2.75, 3.05) is 19.6 Å². The molecule has 0 aromatic carbocycles. The molecule has 2 rings (SSSR count). The lowest BCUT2D eigenvalue weighted by Crippen LogP contribution is -2.31. The van der Waals surface area contributed by atoms with Gasteiger partial charge in [-0.15, -0.1) is 0 Å². The predicted octanol–water partition coefficient (Wildman–Crippen LogP) is 1.15. The predicted molar refractivity (Wildman–Crippen MR) is 83.1 cm³/mol. The molecule has 0 radical (unpaired) electrons. The Morgan fingerprint density at radius 3 is 3.05 bits per heavy atom. The Kier molecular flexibility index (Phi) is 5.73. The van der Waals surface area contributed by atoms with Crippen molar-refractivity contribution < 1.29 is 9.90 Å². The van der Waals surface area contributed by atoms with Gasteiger partial charge in [-0.05, 0) is 30.2 Å². The van der Waals surface area contributed by atoms with Gasteiger partial charge in [-0.25, -0.2) is 0 Å². The molecular weight excluding hydrogens is 290 g/mol. The summed E-state index contributed by atoms with van der Waals surface area (Å²) in [6.45, 7) is 3.42. The first-order chi connectivity index (χ1) is 10.1. The molecule has 1 aliphatic rings. The smallest absolute Gasteiger partial charge is 0.216 e. The Morgan fingerprint density at radius 1 is 1.62 bits per heavy atom. The van der Waals surface area contributed by atoms with Crippen LogP contribution >= 0.6 is 11.6 Å². The SMILES string of the molecule is CC(=O)NCC(O)Cc1cnc(C2=CCNCC2)c(Cl)c1. The van der Waals surface area contributed by atoms with Crippen LogP contribution in [-0.4, -0.2) is 41.7 Å². The summed E-state index contributed by atoms with van der Waals surface area (Å²) < 4.78 is 0. The molecule has 1 atom stereocenters. The summed E-state index contributed by atoms with van der Waals surface area (Å²) in [7, 11) is 0. The molecule has 1 aromatic heterocycles. The average Bonchev–Trinajstić information content (AvgIpc) is 2.46. The molecule has 0 fully saturated rings. The van der Waals surface area contributed by atoms with Crippen LogP contribution in [0, 0.1) is 0 Å². The highest BCUT2D eigenvalue weighted by atomic mass is 35.5. The lowest BCUT2D eigenvalue weighted by molar-refractivity contribution is -0.119. The summed E-state index contributed by atoms with van der Waals surface area (Å²) in [5, 5.41) is 16.3. The van der Waals surface area contributed by atoms with E-state index in [0.29, 0.717) is 11.4 Å². The molecule has 1 aromatic rings. The molecule has 1 unspecified atom stereocenters. The molecule has 0 bridgehead atoms. The molecule has 0 saturated heterocycles. The van der Waals surface area contributed by atoms with Gasteiger partial charge in [0.25, 0.3) is 0 Å². The summed E-state index contributed by atoms with van der Waals surface area (Å²) in [4.78, 5) is 15.2. The van der Waals surface area contributed by atoms with Gasteiger partial charge in [-0.3, -0.25) is 9.78 Å². The minimum atomic E-state index is -0.643. The third-order valence-corrected chi connectivity index (χ3v) is 3.61. The Bertz CT molecular complexity index is 546. The van der Waals surface area contributed by atoms with Gasteiger partial charge in [0.2, 0.25) is 5.91 Å². The molecule has 1 aliphatic heterocycles. The monoisotopic (exact) mass is 309 g/mol. The fourth-order valence-electron chi connectivity index (χ4n) is 2.27. The number of halogens is 1. The van der Waals surface area contributed by atoms with Crippen LogP contribution in [0.4, 0.5) is 0 Å². The largest absolute Gasteiger partial charge is 0.391 e. The van der Waals surface area contributed by atoms with Crippen molar-refractivity contribution >= 4 is 23.1 Å². The molecule has 0 saturated carbocycles. The van der Waals surface area contributed by atoms with Gasteiger partial charge >= 0.3 is 0 Å². The summed E-state index contributed by atoms with van der Waals surface area (Å²) in [5.41, 5.74) is 2.83. The number of pyridine rings is 1. The summed E-state index contributed by atoms with van der Waals surface area (Å²) in [6.07, 6.45) is 4.52. The van der Waals surface area contributed by atoms with E-state index in [1.807, 2.05) is 6.07 Å². The first-order valence-corrected chi connectivity index (χ1v) is 7.41. The zero-order valence-electron chi connectivity index (χ0n) is 12.0. The highest BCUT2D eigenvalue weighted by Crippen LogP contribution is 2.26. The average molecular weight is 310 g/mol. The lowest BCUT2D eigenvalue weighted by atomic mass is 10.0. The number of aliphatic hydroxyl groups excluding tert-OH is 1. The number of aromatic nitrogens is 1. The molecule has 0 aliphatic carbocycles. The van der Waals surface area contributed by atoms with Gasteiger partial charge in [0.15, 0.2) is 0 Å². The maximum Gasteiger partial charge on any atom is 0.216 e. The molecular formula is C15H20ClN3O2. The topological polar surface area (TPSA) is 74.2 Å². The summed E-state index contributed by atoms with van der Waals surface area (Å²) >= 11 is 6.30. The van der Waals surface area contributed by atoms with Crippen LogP contribution in [-0.2, 0) is 11.2 Å². The van der Waals surface area contributed by atoms with Gasteiger partial charge in [0, 0.05) is 32.6 Å². The third-order valence-electron chi connectivity index (χ3n) is 3.32. The maximum atomic E-state index is 10.8. The van der Waals surface area contributed by atoms with Crippen LogP contribution in [0.1, 0.15) is 24.6 Å². The van der Waals surface area contributed by atoms with Crippen LogP contribution in [0.5, 0.6) is 0 Å². The van der Waals surface area contributed by atoms with Gasteiger partial charge in [0.05, 0.1) is 16.8 Å². The molecule has 1 amide bonds. The molecule has 114 valence electrons. The quantitative estimate of drug-likeness (QED) is 0.763. The van der Waals surface area contributed by atoms with Gasteiger partial charge in [-0.1, -0.05) is 17.7 Å². The van der Waals surface area contributed by atoms with Gasteiger partial charge in [-0.2, -0.15) is 0 Å². The van der Waals surface area contributed by atoms with Crippen LogP contribution < -0.4 is 10.6 Å². The van der Waals surface area contributed by atoms with E-state index >= 15 is 0 Å². The Balaban J connectivity index is 2.01. The molecule has 2 heterocycles. The van der Waals surface area contributed by atoms with E-state index in [-0.39, 0.29) is 12.5 Å². The number of rotatable bonds is 5. The molecule has 3 N–H and O–H groups in total. The van der Waals surface area contributed by atoms with E-state index in [1.165, 1.54) is 6.92 Å². The fraction of sp³-hybridized carbons (Fsp3) is 0.467. The third kappa shape index (κ3) is 4.81. The van der Waals surface area contributed by atoms with Gasteiger partial charge in [0.1, 0.15) is 0 Å². The number of carbonyl (C=O) groups excluding carboxylic acids is 1. The van der Waals surface area contributed by atoms with E-state index in [1.54, 1.807) is 6.20 Å². The van der Waals surface area contributed by atoms with Crippen LogP contribution in [0.15, 0.2) is 18.3 Å². The fourth-order valence-corrected chi connectivity index (χ4v) is 2.58. The van der Waals surface area contributed by atoms with Crippen molar-refractivity contribution in [3.63, 3.8) is 0 Å². The number of amides is 1. The first-order valence-electron chi connectivity index (χ1n) is 7.03. The van der Waals surface area contributed by atoms with Crippen molar-refractivity contribution in [2.45, 2.75) is 25.9 Å². The van der Waals surface area contributed by atoms with Crippen molar-refractivity contribution in [1.82, 2.24) is 15.6 Å². The molecule has 0 spiro atoms. The number of carbonyl (C=O) groups is 1. The van der Waals surface area contributed by atoms with E-state index < -0.39 is 6.10 Å². The Hall–Kier alpha value is -1.43. The zero-order chi connectivity index (χ0) is 15.2. The normalized spacial score (nSPS) is 16.2. The van der Waals surface area contributed by atoms with Crippen LogP contribution in [0.25, 0.3) is 5.57 Å². The van der Waals surface area contributed by atoms with E-state index in [9.17, 15) is 9.90 Å². The van der Waals surface area contributed by atoms with Crippen molar-refractivity contribution in [1.29, 1.82) is 0 Å². The zero-order valence-corrected chi connectivity index (χ0v) is 12.8. The number of hydrogen-bond acceptors (Lipinski definition) is 4. The second kappa shape index (κ2) is 7.54. The van der Waals surface area contributed by atoms with Crippen molar-refractivity contribution in [2.24, 2.45) is 0 Å². The summed E-state index contributed by atoms with van der Waals surface area (Å²) in [6, 6.07) is 1.84. The molecule has 5 nitrogen and oxygen atoms in total. The van der Waals surface area contributed by atoms with Crippen LogP contribution in [0.3, 0.4) is 0 Å². The number of aliphatic hydroxyl groups is 1. The first kappa shape index (κ1) is 15.9. The van der Waals surface area contributed by atoms with E-state index in [2.05, 4.69) is 21.7 Å². The van der Waals surface area contributed by atoms with Gasteiger partial charge < -0.3 is 15.7 Å². The molecule has 21 heavy (non-hydrogen) atoms. The lowest BCUT2D eigenvalue weighted by Gasteiger charge is -2.16. The number of nitrogens with zero attached hydrogens (tertiary/aromatic N) is 1. The van der Waals surface area contributed by atoms with E-state index in [4.69, 9.17) is 11.6 Å². The standard InChI is InChI=1S/C15H20ClN3O2/c1-10(20)18-9-13(21)6-11-7-14(16)15(19-8-11)12-2-4-17-5-3-12/h2,7-8,13,17,21H,3-6,9H2,1H3,(H,18,20). The maximum absolute atomic E-state index is 10.8. The Morgan fingerprint density at radius 2 is 2.43 bits per heavy atom. The number of nitrogens with one attached hydrogen (secondary N) is 2. The van der Waals surface area contributed by atoms with E-state index in [0.717, 1.165) is 36.3 Å². The van der Waals surface area contributed by atoms with Crippen molar-refractivity contribution in [3.05, 3.63) is 34.6 Å². The highest BCUT2D eigenvalue weighted by molar-refractivity contribution is 6.32. The van der Waals surface area contributed by atoms with Crippen LogP contribution in [0.2, 0.25) is 5.02 Å². The molecule has 6 heteroatoms. The van der Waals surface area contributed by atoms with Crippen molar-refractivity contribution in [3.8, 4) is 0 Å².